The first-order chi connectivity index (χ1) is 6.03. The third kappa shape index (κ3) is 3.20. The van der Waals surface area contributed by atoms with Gasteiger partial charge in [-0.1, -0.05) is 11.3 Å². The van der Waals surface area contributed by atoms with Gasteiger partial charge in [0.1, 0.15) is 5.00 Å². The molecule has 0 aliphatic heterocycles. The highest BCUT2D eigenvalue weighted by atomic mass is 32.1. The van der Waals surface area contributed by atoms with Crippen molar-refractivity contribution >= 4 is 21.5 Å². The molecule has 0 radical (unpaired) electrons. The predicted molar refractivity (Wildman–Crippen MR) is 56.1 cm³/mol. The largest absolute Gasteiger partial charge is 0.389 e. The van der Waals surface area contributed by atoms with Crippen LogP contribution in [-0.2, 0) is 4.74 Å². The molecular weight excluding hydrogens is 186 g/mol. The summed E-state index contributed by atoms with van der Waals surface area (Å²) in [4.78, 5) is 4.08. The topological polar surface area (TPSA) is 60.2 Å². The number of nitrogens with zero attached hydrogens (tertiary/aromatic N) is 1. The van der Waals surface area contributed by atoms with Crippen LogP contribution in [0, 0.1) is 0 Å². The molecule has 74 valence electrons. The van der Waals surface area contributed by atoms with E-state index < -0.39 is 0 Å². The van der Waals surface area contributed by atoms with Gasteiger partial charge < -0.3 is 15.8 Å². The molecule has 0 saturated carbocycles. The molecule has 1 heterocycles. The number of ether oxygens (including phenoxy) is 1. The van der Waals surface area contributed by atoms with E-state index >= 15 is 0 Å². The maximum absolute atomic E-state index is 5.54. The van der Waals surface area contributed by atoms with E-state index in [4.69, 9.17) is 10.5 Å². The summed E-state index contributed by atoms with van der Waals surface area (Å²) in [5.74, 6) is 0. The van der Waals surface area contributed by atoms with E-state index in [9.17, 15) is 0 Å². The van der Waals surface area contributed by atoms with Gasteiger partial charge in [-0.05, 0) is 13.8 Å². The quantitative estimate of drug-likeness (QED) is 0.776. The van der Waals surface area contributed by atoms with Crippen molar-refractivity contribution in [2.45, 2.75) is 19.4 Å². The lowest BCUT2D eigenvalue weighted by molar-refractivity contribution is 0.0344. The number of nitrogens with two attached hydrogens (primary N) is 1. The van der Waals surface area contributed by atoms with Crippen LogP contribution in [0.5, 0.6) is 0 Å². The first kappa shape index (κ1) is 10.3. The van der Waals surface area contributed by atoms with Crippen molar-refractivity contribution < 1.29 is 4.74 Å². The van der Waals surface area contributed by atoms with Crippen molar-refractivity contribution in [3.8, 4) is 0 Å². The molecule has 1 rings (SSSR count). The van der Waals surface area contributed by atoms with Gasteiger partial charge in [-0.15, -0.1) is 0 Å². The van der Waals surface area contributed by atoms with Crippen molar-refractivity contribution in [3.05, 3.63) is 6.20 Å². The van der Waals surface area contributed by atoms with Crippen molar-refractivity contribution in [3.63, 3.8) is 0 Å². The van der Waals surface area contributed by atoms with Gasteiger partial charge in [0, 0.05) is 13.7 Å². The van der Waals surface area contributed by atoms with E-state index in [1.807, 2.05) is 13.8 Å². The molecule has 0 amide bonds. The predicted octanol–water partition coefficient (Wildman–Crippen LogP) is 1.56. The molecule has 0 saturated heterocycles. The summed E-state index contributed by atoms with van der Waals surface area (Å²) in [5.41, 5.74) is 5.36. The molecule has 0 atom stereocenters. The molecule has 1 aromatic rings. The normalized spacial score (nSPS) is 11.6. The van der Waals surface area contributed by atoms with Gasteiger partial charge >= 0.3 is 0 Å². The molecular formula is C8H15N3OS. The minimum absolute atomic E-state index is 0.180. The van der Waals surface area contributed by atoms with E-state index in [2.05, 4.69) is 10.3 Å². The van der Waals surface area contributed by atoms with E-state index in [-0.39, 0.29) is 5.60 Å². The molecule has 3 N–H and O–H groups in total. The fourth-order valence-corrected chi connectivity index (χ4v) is 1.31. The van der Waals surface area contributed by atoms with E-state index in [1.54, 1.807) is 13.3 Å². The first-order valence-corrected chi connectivity index (χ1v) is 4.85. The number of hydrogen-bond acceptors (Lipinski definition) is 5. The van der Waals surface area contributed by atoms with Gasteiger partial charge in [-0.3, -0.25) is 0 Å². The Morgan fingerprint density at radius 2 is 2.38 bits per heavy atom. The summed E-state index contributed by atoms with van der Waals surface area (Å²) in [6.45, 7) is 4.74. The van der Waals surface area contributed by atoms with E-state index in [0.717, 1.165) is 16.7 Å². The SMILES string of the molecule is COC(C)(C)CNc1ncc(N)s1. The van der Waals surface area contributed by atoms with Gasteiger partial charge in [0.25, 0.3) is 0 Å². The molecule has 0 bridgehead atoms. The Kier molecular flexibility index (Phi) is 3.11. The highest BCUT2D eigenvalue weighted by Crippen LogP contribution is 2.20. The van der Waals surface area contributed by atoms with E-state index in [0.29, 0.717) is 0 Å². The minimum Gasteiger partial charge on any atom is -0.389 e. The highest BCUT2D eigenvalue weighted by molar-refractivity contribution is 7.19. The van der Waals surface area contributed by atoms with Gasteiger partial charge in [0.2, 0.25) is 0 Å². The van der Waals surface area contributed by atoms with Crippen molar-refractivity contribution in [2.75, 3.05) is 24.7 Å². The van der Waals surface area contributed by atoms with Gasteiger partial charge in [-0.25, -0.2) is 4.98 Å². The molecule has 0 aliphatic rings. The molecule has 0 spiro atoms. The van der Waals surface area contributed by atoms with Gasteiger partial charge in [0.15, 0.2) is 5.13 Å². The summed E-state index contributed by atoms with van der Waals surface area (Å²) in [6.07, 6.45) is 1.65. The van der Waals surface area contributed by atoms with Gasteiger partial charge in [-0.2, -0.15) is 0 Å². The number of rotatable bonds is 4. The van der Waals surface area contributed by atoms with Crippen molar-refractivity contribution in [1.82, 2.24) is 4.98 Å². The summed E-state index contributed by atoms with van der Waals surface area (Å²) in [6, 6.07) is 0. The number of methoxy groups -OCH3 is 1. The fraction of sp³-hybridized carbons (Fsp3) is 0.625. The van der Waals surface area contributed by atoms with E-state index in [1.165, 1.54) is 11.3 Å². The van der Waals surface area contributed by atoms with Crippen LogP contribution in [0.2, 0.25) is 0 Å². The second-order valence-corrected chi connectivity index (χ2v) is 4.45. The first-order valence-electron chi connectivity index (χ1n) is 4.04. The number of thiazole rings is 1. The Balaban J connectivity index is 2.43. The number of anilines is 2. The standard InChI is InChI=1S/C8H15N3OS/c1-8(2,12-3)5-11-7-10-4-6(9)13-7/h4H,5,9H2,1-3H3,(H,10,11). The van der Waals surface area contributed by atoms with Crippen LogP contribution in [-0.4, -0.2) is 24.2 Å². The average Bonchev–Trinajstić information content (AvgIpc) is 2.48. The summed E-state index contributed by atoms with van der Waals surface area (Å²) in [5, 5.41) is 4.71. The smallest absolute Gasteiger partial charge is 0.184 e. The van der Waals surface area contributed by atoms with Gasteiger partial charge in [0.05, 0.1) is 11.8 Å². The molecule has 13 heavy (non-hydrogen) atoms. The average molecular weight is 201 g/mol. The van der Waals surface area contributed by atoms with Crippen LogP contribution in [0.3, 0.4) is 0 Å². The molecule has 0 aliphatic carbocycles. The third-order valence-electron chi connectivity index (χ3n) is 1.74. The Hall–Kier alpha value is -0.810. The molecule has 0 aromatic carbocycles. The van der Waals surface area contributed by atoms with Crippen LogP contribution >= 0.6 is 11.3 Å². The third-order valence-corrected chi connectivity index (χ3v) is 2.53. The maximum Gasteiger partial charge on any atom is 0.184 e. The zero-order chi connectivity index (χ0) is 9.90. The molecule has 0 unspecified atom stereocenters. The zero-order valence-corrected chi connectivity index (χ0v) is 8.94. The summed E-state index contributed by atoms with van der Waals surface area (Å²) < 4.78 is 5.25. The van der Waals surface area contributed by atoms with Crippen molar-refractivity contribution in [2.24, 2.45) is 0 Å². The number of hydrogen-bond donors (Lipinski definition) is 2. The second kappa shape index (κ2) is 3.93. The Morgan fingerprint density at radius 3 is 2.85 bits per heavy atom. The van der Waals surface area contributed by atoms with Crippen LogP contribution in [0.1, 0.15) is 13.8 Å². The highest BCUT2D eigenvalue weighted by Gasteiger charge is 2.16. The lowest BCUT2D eigenvalue weighted by Gasteiger charge is -2.22. The van der Waals surface area contributed by atoms with Crippen LogP contribution in [0.25, 0.3) is 0 Å². The second-order valence-electron chi connectivity index (χ2n) is 3.39. The Labute approximate surface area is 82.1 Å². The fourth-order valence-electron chi connectivity index (χ4n) is 0.729. The Bertz CT molecular complexity index is 272. The lowest BCUT2D eigenvalue weighted by Crippen LogP contribution is -2.31. The minimum atomic E-state index is -0.180. The molecule has 5 heteroatoms. The molecule has 1 aromatic heterocycles. The van der Waals surface area contributed by atoms with Crippen molar-refractivity contribution in [1.29, 1.82) is 0 Å². The van der Waals surface area contributed by atoms with Crippen LogP contribution < -0.4 is 11.1 Å². The number of aromatic nitrogens is 1. The zero-order valence-electron chi connectivity index (χ0n) is 8.13. The summed E-state index contributed by atoms with van der Waals surface area (Å²) >= 11 is 1.44. The molecule has 4 nitrogen and oxygen atoms in total. The van der Waals surface area contributed by atoms with Crippen LogP contribution in [0.4, 0.5) is 10.1 Å². The monoisotopic (exact) mass is 201 g/mol. The lowest BCUT2D eigenvalue weighted by atomic mass is 10.1. The summed E-state index contributed by atoms with van der Waals surface area (Å²) in [7, 11) is 1.69. The number of nitrogen functional groups attached to an aromatic ring is 1. The Morgan fingerprint density at radius 1 is 1.69 bits per heavy atom. The maximum atomic E-state index is 5.54. The number of nitrogens with one attached hydrogen (secondary N) is 1. The molecule has 0 fully saturated rings. The van der Waals surface area contributed by atoms with Crippen LogP contribution in [0.15, 0.2) is 6.20 Å².